The van der Waals surface area contributed by atoms with Gasteiger partial charge in [-0.3, -0.25) is 0 Å². The Morgan fingerprint density at radius 1 is 0.542 bits per heavy atom. The van der Waals surface area contributed by atoms with Crippen LogP contribution in [0.2, 0.25) is 10.0 Å². The first kappa shape index (κ1) is 52.2. The molecule has 2 unspecified atom stereocenters. The Hall–Kier alpha value is -4.68. The van der Waals surface area contributed by atoms with E-state index in [-0.39, 0.29) is 35.1 Å². The maximum absolute atomic E-state index is 6.75. The average molecular weight is 1020 g/mol. The smallest absolute Gasteiger partial charge is 0.221 e. The van der Waals surface area contributed by atoms with Crippen molar-refractivity contribution < 1.29 is 28.4 Å². The first-order valence-electron chi connectivity index (χ1n) is 26.7. The van der Waals surface area contributed by atoms with Crippen LogP contribution in [0.15, 0.2) is 109 Å². The fraction of sp³-hybridized carbons (Fsp3) is 0.500. The minimum atomic E-state index is 0.146. The molecule has 72 heavy (non-hydrogen) atoms. The molecule has 2 saturated heterocycles. The molecular weight excluding hydrogens is 944 g/mol. The van der Waals surface area contributed by atoms with Gasteiger partial charge in [0.05, 0.1) is 22.3 Å². The molecule has 12 heteroatoms. The van der Waals surface area contributed by atoms with E-state index in [4.69, 9.17) is 63.1 Å². The van der Waals surface area contributed by atoms with Gasteiger partial charge < -0.3 is 39.9 Å². The lowest BCUT2D eigenvalue weighted by molar-refractivity contribution is -0.0398. The summed E-state index contributed by atoms with van der Waals surface area (Å²) in [5.41, 5.74) is 16.1. The number of rotatable bonds is 16. The minimum absolute atomic E-state index is 0.146. The maximum Gasteiger partial charge on any atom is 0.221 e. The summed E-state index contributed by atoms with van der Waals surface area (Å²) in [6.07, 6.45) is 18.8. The van der Waals surface area contributed by atoms with Gasteiger partial charge in [0.1, 0.15) is 24.7 Å². The van der Waals surface area contributed by atoms with Crippen molar-refractivity contribution in [2.24, 2.45) is 34.1 Å². The molecule has 4 heterocycles. The zero-order valence-corrected chi connectivity index (χ0v) is 43.8. The van der Waals surface area contributed by atoms with Crippen molar-refractivity contribution in [2.45, 2.75) is 141 Å². The van der Waals surface area contributed by atoms with Crippen LogP contribution in [0.5, 0.6) is 23.3 Å². The quantitative estimate of drug-likeness (QED) is 0.0965. The zero-order chi connectivity index (χ0) is 49.9. The summed E-state index contributed by atoms with van der Waals surface area (Å²) in [4.78, 5) is 8.90. The number of hydrogen-bond donors (Lipinski definition) is 2. The lowest BCUT2D eigenvalue weighted by Gasteiger charge is -2.50. The highest BCUT2D eigenvalue weighted by molar-refractivity contribution is 6.33. The fourth-order valence-electron chi connectivity index (χ4n) is 12.5. The molecule has 0 radical (unpaired) electrons. The molecule has 4 N–H and O–H groups in total. The highest BCUT2D eigenvalue weighted by atomic mass is 35.5. The van der Waals surface area contributed by atoms with Crippen molar-refractivity contribution >= 4 is 44.7 Å². The van der Waals surface area contributed by atoms with Crippen LogP contribution >= 0.6 is 23.2 Å². The van der Waals surface area contributed by atoms with Crippen molar-refractivity contribution in [1.29, 1.82) is 0 Å². The van der Waals surface area contributed by atoms with Crippen LogP contribution in [0.25, 0.3) is 21.5 Å². The van der Waals surface area contributed by atoms with Crippen LogP contribution in [0.1, 0.15) is 115 Å². The fourth-order valence-corrected chi connectivity index (χ4v) is 12.9. The van der Waals surface area contributed by atoms with Gasteiger partial charge in [-0.1, -0.05) is 97.7 Å². The second-order valence-electron chi connectivity index (χ2n) is 20.7. The van der Waals surface area contributed by atoms with Gasteiger partial charge in [-0.15, -0.1) is 0 Å². The highest BCUT2D eigenvalue weighted by Gasteiger charge is 2.47. The number of aromatic nitrogens is 2. The summed E-state index contributed by atoms with van der Waals surface area (Å²) >= 11 is 13.4. The molecule has 2 saturated carbocycles. The van der Waals surface area contributed by atoms with Gasteiger partial charge in [0.25, 0.3) is 0 Å². The highest BCUT2D eigenvalue weighted by Crippen LogP contribution is 2.52. The van der Waals surface area contributed by atoms with Crippen molar-refractivity contribution in [2.75, 3.05) is 26.4 Å². The summed E-state index contributed by atoms with van der Waals surface area (Å²) < 4.78 is 36.4. The number of nitrogens with zero attached hydrogens (tertiary/aromatic N) is 2. The first-order valence-corrected chi connectivity index (χ1v) is 27.4. The van der Waals surface area contributed by atoms with Gasteiger partial charge in [0.15, 0.2) is 0 Å². The van der Waals surface area contributed by atoms with E-state index < -0.39 is 0 Å². The molecule has 384 valence electrons. The summed E-state index contributed by atoms with van der Waals surface area (Å²) in [6.45, 7) is 8.80. The average Bonchev–Trinajstić information content (AvgIpc) is 3.43. The predicted octanol–water partition coefficient (Wildman–Crippen LogP) is 13.9. The summed E-state index contributed by atoms with van der Waals surface area (Å²) in [5.74, 6) is 3.91. The summed E-state index contributed by atoms with van der Waals surface area (Å²) in [6, 6.07) is 32.5. The van der Waals surface area contributed by atoms with Crippen LogP contribution in [0.4, 0.5) is 0 Å². The van der Waals surface area contributed by atoms with E-state index >= 15 is 0 Å². The molecule has 10 nitrogen and oxygen atoms in total. The van der Waals surface area contributed by atoms with Gasteiger partial charge in [-0.05, 0) is 171 Å². The standard InChI is InChI=1S/2C30H37ClN2O3/c2*1-2-28(32)30(23-11-16-34-17-12-23)13-8-24(9-14-30)36-27-18-22-10-15-33-29(25(22)19-26(27)31)35-20-21-6-4-3-5-7-21/h2*3-7,10,15,18-19,23-24,28H,2,8-9,11-14,16-17,20,32H2,1H3. The monoisotopic (exact) mass is 1020 g/mol. The van der Waals surface area contributed by atoms with Crippen molar-refractivity contribution in [3.8, 4) is 23.3 Å². The Morgan fingerprint density at radius 2 is 0.917 bits per heavy atom. The Kier molecular flexibility index (Phi) is 17.8. The molecule has 10 rings (SSSR count). The lowest BCUT2D eigenvalue weighted by atomic mass is 9.59. The molecule has 4 fully saturated rings. The topological polar surface area (TPSA) is 133 Å². The van der Waals surface area contributed by atoms with Crippen LogP contribution in [-0.2, 0) is 22.7 Å². The zero-order valence-electron chi connectivity index (χ0n) is 42.3. The molecule has 0 bridgehead atoms. The maximum atomic E-state index is 6.75. The van der Waals surface area contributed by atoms with Gasteiger partial charge in [-0.25, -0.2) is 9.97 Å². The van der Waals surface area contributed by atoms with Crippen molar-refractivity contribution in [3.63, 3.8) is 0 Å². The van der Waals surface area contributed by atoms with E-state index in [9.17, 15) is 0 Å². The van der Waals surface area contributed by atoms with E-state index in [1.165, 1.54) is 0 Å². The number of pyridine rings is 2. The third-order valence-corrected chi connectivity index (χ3v) is 17.3. The molecule has 4 aromatic carbocycles. The molecule has 2 atom stereocenters. The van der Waals surface area contributed by atoms with Gasteiger partial charge in [0.2, 0.25) is 11.8 Å². The summed E-state index contributed by atoms with van der Waals surface area (Å²) in [7, 11) is 0. The molecule has 6 aromatic rings. The number of benzene rings is 4. The van der Waals surface area contributed by atoms with Gasteiger partial charge in [-0.2, -0.15) is 0 Å². The Labute approximate surface area is 436 Å². The molecule has 2 aromatic heterocycles. The Morgan fingerprint density at radius 3 is 1.28 bits per heavy atom. The predicted molar refractivity (Wildman–Crippen MR) is 289 cm³/mol. The summed E-state index contributed by atoms with van der Waals surface area (Å²) in [5, 5.41) is 4.97. The van der Waals surface area contributed by atoms with Crippen LogP contribution in [0.3, 0.4) is 0 Å². The van der Waals surface area contributed by atoms with E-state index in [1.807, 2.05) is 97.1 Å². The molecule has 4 aliphatic rings. The largest absolute Gasteiger partial charge is 0.489 e. The second kappa shape index (κ2) is 24.6. The lowest BCUT2D eigenvalue weighted by Crippen LogP contribution is -2.51. The van der Waals surface area contributed by atoms with Crippen LogP contribution in [-0.4, -0.2) is 60.7 Å². The van der Waals surface area contributed by atoms with Crippen LogP contribution in [0, 0.1) is 22.7 Å². The number of fused-ring (bicyclic) bond motifs is 2. The third kappa shape index (κ3) is 12.1. The number of nitrogens with two attached hydrogens (primary N) is 2. The van der Waals surface area contributed by atoms with E-state index in [1.54, 1.807) is 12.4 Å². The minimum Gasteiger partial charge on any atom is -0.489 e. The van der Waals surface area contributed by atoms with Crippen LogP contribution < -0.4 is 30.4 Å². The molecular formula is C60H74Cl2N4O6. The molecule has 2 aliphatic heterocycles. The van der Waals surface area contributed by atoms with Crippen molar-refractivity contribution in [1.82, 2.24) is 9.97 Å². The van der Waals surface area contributed by atoms with E-state index in [0.29, 0.717) is 46.9 Å². The van der Waals surface area contributed by atoms with E-state index in [2.05, 4.69) is 23.8 Å². The molecule has 2 aliphatic carbocycles. The molecule has 0 amide bonds. The second-order valence-corrected chi connectivity index (χ2v) is 21.5. The van der Waals surface area contributed by atoms with E-state index in [0.717, 1.165) is 160 Å². The first-order chi connectivity index (χ1) is 35.2. The van der Waals surface area contributed by atoms with Gasteiger partial charge in [0, 0.05) is 61.7 Å². The normalized spacial score (nSPS) is 23.9. The molecule has 0 spiro atoms. The SMILES string of the molecule is CCC(N)C1(C2CCOCC2)CCC(Oc2cc3ccnc(OCc4ccccc4)c3cc2Cl)CC1.CCC(N)C1(C2CCOCC2)CCC(Oc2cc3ccnc(OCc4ccccc4)c3cc2Cl)CC1. The Balaban J connectivity index is 0.000000178. The number of halogens is 2. The number of hydrogen-bond acceptors (Lipinski definition) is 10. The number of ether oxygens (including phenoxy) is 6. The van der Waals surface area contributed by atoms with Crippen molar-refractivity contribution in [3.05, 3.63) is 131 Å². The Bertz CT molecular complexity index is 2470. The third-order valence-electron chi connectivity index (χ3n) is 16.7. The van der Waals surface area contributed by atoms with Gasteiger partial charge >= 0.3 is 0 Å².